The zero-order chi connectivity index (χ0) is 25.4. The van der Waals surface area contributed by atoms with Crippen LogP contribution in [0.1, 0.15) is 19.4 Å². The van der Waals surface area contributed by atoms with Gasteiger partial charge in [-0.25, -0.2) is 9.18 Å². The van der Waals surface area contributed by atoms with Gasteiger partial charge in [0.2, 0.25) is 0 Å². The molecule has 8 heteroatoms. The van der Waals surface area contributed by atoms with Gasteiger partial charge < -0.3 is 24.4 Å². The van der Waals surface area contributed by atoms with Gasteiger partial charge in [0.1, 0.15) is 36.6 Å². The Morgan fingerprint density at radius 2 is 1.66 bits per heavy atom. The summed E-state index contributed by atoms with van der Waals surface area (Å²) >= 11 is 3.25. The molecule has 0 bridgehead atoms. The molecule has 35 heavy (non-hydrogen) atoms. The molecule has 0 radical (unpaired) electrons. The summed E-state index contributed by atoms with van der Waals surface area (Å²) in [6.07, 6.45) is -1.84. The van der Waals surface area contributed by atoms with Crippen LogP contribution in [0.15, 0.2) is 71.2 Å². The second kappa shape index (κ2) is 12.7. The molecule has 0 aromatic heterocycles. The lowest BCUT2D eigenvalue weighted by atomic mass is 10.1. The number of halogens is 2. The van der Waals surface area contributed by atoms with Gasteiger partial charge in [-0.3, -0.25) is 0 Å². The maximum absolute atomic E-state index is 14.1. The number of carboxylic acids is 1. The van der Waals surface area contributed by atoms with Crippen LogP contribution in [0.4, 0.5) is 4.39 Å². The minimum Gasteiger partial charge on any atom is -0.491 e. The Labute approximate surface area is 212 Å². The van der Waals surface area contributed by atoms with Gasteiger partial charge in [0.05, 0.1) is 6.10 Å². The summed E-state index contributed by atoms with van der Waals surface area (Å²) in [5.74, 6) is -0.295. The molecule has 0 saturated heterocycles. The topological polar surface area (TPSA) is 85.2 Å². The van der Waals surface area contributed by atoms with Gasteiger partial charge in [0.15, 0.2) is 6.10 Å². The van der Waals surface area contributed by atoms with E-state index in [4.69, 9.17) is 14.2 Å². The fourth-order valence-electron chi connectivity index (χ4n) is 3.39. The van der Waals surface area contributed by atoms with Crippen molar-refractivity contribution in [3.63, 3.8) is 0 Å². The number of hydrogen-bond donors (Lipinski definition) is 2. The van der Waals surface area contributed by atoms with Crippen LogP contribution < -0.4 is 9.47 Å². The number of aliphatic carboxylic acids is 1. The van der Waals surface area contributed by atoms with Crippen LogP contribution in [0.5, 0.6) is 11.5 Å². The first kappa shape index (κ1) is 26.7. The summed E-state index contributed by atoms with van der Waals surface area (Å²) in [4.78, 5) is 11.4. The lowest BCUT2D eigenvalue weighted by Crippen LogP contribution is -2.29. The van der Waals surface area contributed by atoms with Crippen LogP contribution in [0.2, 0.25) is 0 Å². The molecule has 2 atom stereocenters. The van der Waals surface area contributed by atoms with Gasteiger partial charge in [-0.2, -0.15) is 0 Å². The van der Waals surface area contributed by atoms with Crippen LogP contribution in [-0.4, -0.2) is 47.7 Å². The lowest BCUT2D eigenvalue weighted by Gasteiger charge is -2.17. The Kier molecular flexibility index (Phi) is 9.65. The van der Waals surface area contributed by atoms with Crippen molar-refractivity contribution in [2.24, 2.45) is 0 Å². The molecule has 0 aliphatic carbocycles. The molecule has 0 amide bonds. The molecule has 3 aromatic carbocycles. The van der Waals surface area contributed by atoms with E-state index in [-0.39, 0.29) is 31.6 Å². The second-order valence-corrected chi connectivity index (χ2v) is 9.20. The van der Waals surface area contributed by atoms with E-state index in [1.807, 2.05) is 0 Å². The van der Waals surface area contributed by atoms with E-state index in [1.54, 1.807) is 74.5 Å². The first-order valence-corrected chi connectivity index (χ1v) is 12.0. The summed E-state index contributed by atoms with van der Waals surface area (Å²) in [6, 6.07) is 18.8. The minimum atomic E-state index is -1.02. The van der Waals surface area contributed by atoms with E-state index in [1.165, 1.54) is 6.07 Å². The van der Waals surface area contributed by atoms with E-state index >= 15 is 0 Å². The van der Waals surface area contributed by atoms with Crippen LogP contribution in [0.25, 0.3) is 11.1 Å². The van der Waals surface area contributed by atoms with Crippen molar-refractivity contribution in [2.75, 3.05) is 13.2 Å². The van der Waals surface area contributed by atoms with E-state index in [2.05, 4.69) is 15.9 Å². The molecular formula is C27H28BrFO6. The quantitative estimate of drug-likeness (QED) is 0.312. The summed E-state index contributed by atoms with van der Waals surface area (Å²) in [5.41, 5.74) is 1.96. The number of carboxylic acid groups (broad SMARTS) is 1. The predicted octanol–water partition coefficient (Wildman–Crippen LogP) is 5.49. The van der Waals surface area contributed by atoms with E-state index in [0.29, 0.717) is 21.5 Å². The molecule has 6 nitrogen and oxygen atoms in total. The SMILES string of the molecule is CC(C)OC(Cc1cccc(OCC(O)COc2ccc(-c3ccc(Br)cc3F)cc2)c1)C(=O)O. The van der Waals surface area contributed by atoms with Crippen LogP contribution >= 0.6 is 15.9 Å². The Hall–Kier alpha value is -2.94. The van der Waals surface area contributed by atoms with Gasteiger partial charge >= 0.3 is 5.97 Å². The predicted molar refractivity (Wildman–Crippen MR) is 134 cm³/mol. The smallest absolute Gasteiger partial charge is 0.333 e. The molecule has 2 N–H and O–H groups in total. The fraction of sp³-hybridized carbons (Fsp3) is 0.296. The van der Waals surface area contributed by atoms with Crippen LogP contribution in [-0.2, 0) is 16.0 Å². The molecule has 186 valence electrons. The summed E-state index contributed by atoms with van der Waals surface area (Å²) in [7, 11) is 0. The normalized spacial score (nSPS) is 12.9. The van der Waals surface area contributed by atoms with Crippen molar-refractivity contribution in [2.45, 2.75) is 38.6 Å². The molecular weight excluding hydrogens is 519 g/mol. The van der Waals surface area contributed by atoms with Crippen LogP contribution in [0, 0.1) is 5.82 Å². The molecule has 2 unspecified atom stereocenters. The molecule has 3 aromatic rings. The van der Waals surface area contributed by atoms with E-state index in [9.17, 15) is 19.4 Å². The Morgan fingerprint density at radius 3 is 2.29 bits per heavy atom. The van der Waals surface area contributed by atoms with Gasteiger partial charge in [-0.1, -0.05) is 46.3 Å². The average molecular weight is 547 g/mol. The number of ether oxygens (including phenoxy) is 3. The Morgan fingerprint density at radius 1 is 0.971 bits per heavy atom. The number of aliphatic hydroxyl groups is 1. The highest BCUT2D eigenvalue weighted by atomic mass is 79.9. The second-order valence-electron chi connectivity index (χ2n) is 8.29. The number of benzene rings is 3. The zero-order valence-corrected chi connectivity index (χ0v) is 21.1. The third-order valence-corrected chi connectivity index (χ3v) is 5.51. The largest absolute Gasteiger partial charge is 0.491 e. The number of rotatable bonds is 12. The molecule has 0 fully saturated rings. The molecule has 0 aliphatic heterocycles. The maximum Gasteiger partial charge on any atom is 0.333 e. The van der Waals surface area contributed by atoms with Crippen molar-refractivity contribution in [3.05, 3.63) is 82.6 Å². The summed E-state index contributed by atoms with van der Waals surface area (Å²) in [5, 5.41) is 19.6. The van der Waals surface area contributed by atoms with Gasteiger partial charge in [0.25, 0.3) is 0 Å². The van der Waals surface area contributed by atoms with Gasteiger partial charge in [-0.15, -0.1) is 0 Å². The third kappa shape index (κ3) is 8.35. The van der Waals surface area contributed by atoms with Crippen molar-refractivity contribution in [3.8, 4) is 22.6 Å². The molecule has 0 spiro atoms. The molecule has 0 saturated carbocycles. The van der Waals surface area contributed by atoms with E-state index in [0.717, 1.165) is 11.1 Å². The molecule has 3 rings (SSSR count). The van der Waals surface area contributed by atoms with Crippen molar-refractivity contribution < 1.29 is 33.6 Å². The molecule has 0 heterocycles. The average Bonchev–Trinajstić information content (AvgIpc) is 2.81. The Bertz CT molecular complexity index is 1120. The monoisotopic (exact) mass is 546 g/mol. The minimum absolute atomic E-state index is 0.00348. The summed E-state index contributed by atoms with van der Waals surface area (Å²) in [6.45, 7) is 3.58. The number of hydrogen-bond acceptors (Lipinski definition) is 5. The first-order chi connectivity index (χ1) is 16.7. The number of carbonyl (C=O) groups is 1. The van der Waals surface area contributed by atoms with Gasteiger partial charge in [-0.05, 0) is 61.4 Å². The zero-order valence-electron chi connectivity index (χ0n) is 19.5. The third-order valence-electron chi connectivity index (χ3n) is 5.01. The van der Waals surface area contributed by atoms with E-state index < -0.39 is 18.2 Å². The van der Waals surface area contributed by atoms with Crippen molar-refractivity contribution >= 4 is 21.9 Å². The first-order valence-electron chi connectivity index (χ1n) is 11.2. The summed E-state index contributed by atoms with van der Waals surface area (Å²) < 4.78 is 31.6. The highest BCUT2D eigenvalue weighted by Gasteiger charge is 2.20. The standard InChI is InChI=1S/C27H28BrFO6/c1-17(2)35-26(27(31)32)13-18-4-3-5-23(12-18)34-16-21(30)15-33-22-9-6-19(7-10-22)24-11-8-20(28)14-25(24)29/h3-12,14,17,21,26,30H,13,15-16H2,1-2H3,(H,31,32). The van der Waals surface area contributed by atoms with Crippen LogP contribution in [0.3, 0.4) is 0 Å². The van der Waals surface area contributed by atoms with Crippen molar-refractivity contribution in [1.29, 1.82) is 0 Å². The van der Waals surface area contributed by atoms with Crippen molar-refractivity contribution in [1.82, 2.24) is 0 Å². The molecule has 0 aliphatic rings. The van der Waals surface area contributed by atoms with Gasteiger partial charge in [0, 0.05) is 16.5 Å². The highest BCUT2D eigenvalue weighted by Crippen LogP contribution is 2.27. The fourth-order valence-corrected chi connectivity index (χ4v) is 3.72. The maximum atomic E-state index is 14.1. The highest BCUT2D eigenvalue weighted by molar-refractivity contribution is 9.10. The lowest BCUT2D eigenvalue weighted by molar-refractivity contribution is -0.153. The Balaban J connectivity index is 1.49. The number of aliphatic hydroxyl groups excluding tert-OH is 1.